The summed E-state index contributed by atoms with van der Waals surface area (Å²) in [7, 11) is -3.09. The second kappa shape index (κ2) is 5.70. The average Bonchev–Trinajstić information content (AvgIpc) is 2.77. The molecule has 2 atom stereocenters. The molecule has 0 aliphatic carbocycles. The summed E-state index contributed by atoms with van der Waals surface area (Å²) >= 11 is 13.4. The van der Waals surface area contributed by atoms with Gasteiger partial charge in [0, 0.05) is 27.9 Å². The fourth-order valence-electron chi connectivity index (χ4n) is 2.68. The third kappa shape index (κ3) is 3.13. The van der Waals surface area contributed by atoms with E-state index in [-0.39, 0.29) is 28.7 Å². The number of fused-ring (bicyclic) bond motifs is 1. The summed E-state index contributed by atoms with van der Waals surface area (Å²) in [6.07, 6.45) is 0. The quantitative estimate of drug-likeness (QED) is 0.751. The van der Waals surface area contributed by atoms with Crippen molar-refractivity contribution in [2.75, 3.05) is 16.4 Å². The molecule has 2 heterocycles. The summed E-state index contributed by atoms with van der Waals surface area (Å²) < 4.78 is 23.8. The number of amides is 1. The maximum absolute atomic E-state index is 11.9. The number of carbonyl (C=O) groups is 1. The number of halogens is 2. The molecule has 2 aliphatic rings. The summed E-state index contributed by atoms with van der Waals surface area (Å²) in [5.74, 6) is -0.209. The van der Waals surface area contributed by atoms with Gasteiger partial charge in [0.25, 0.3) is 0 Å². The first-order chi connectivity index (χ1) is 10.2. The molecule has 2 saturated heterocycles. The molecule has 5 nitrogen and oxygen atoms in total. The molecule has 0 saturated carbocycles. The molecule has 0 unspecified atom stereocenters. The van der Waals surface area contributed by atoms with Crippen molar-refractivity contribution in [2.24, 2.45) is 4.99 Å². The van der Waals surface area contributed by atoms with Crippen LogP contribution in [0.1, 0.15) is 6.92 Å². The molecule has 9 heteroatoms. The topological polar surface area (TPSA) is 66.8 Å². The van der Waals surface area contributed by atoms with Crippen molar-refractivity contribution in [3.8, 4) is 0 Å². The van der Waals surface area contributed by atoms with Crippen molar-refractivity contribution in [3.05, 3.63) is 28.2 Å². The molecule has 0 radical (unpaired) electrons. The van der Waals surface area contributed by atoms with Crippen LogP contribution in [0.4, 0.5) is 5.69 Å². The Balaban J connectivity index is 2.08. The minimum atomic E-state index is -3.09. The van der Waals surface area contributed by atoms with Gasteiger partial charge >= 0.3 is 0 Å². The van der Waals surface area contributed by atoms with Gasteiger partial charge < -0.3 is 4.90 Å². The first kappa shape index (κ1) is 16.1. The number of amidine groups is 1. The highest BCUT2D eigenvalue weighted by atomic mass is 35.5. The van der Waals surface area contributed by atoms with Crippen molar-refractivity contribution in [3.63, 3.8) is 0 Å². The fourth-order valence-corrected chi connectivity index (χ4v) is 7.15. The number of thioether (sulfide) groups is 1. The summed E-state index contributed by atoms with van der Waals surface area (Å²) in [6, 6.07) is 4.72. The molecule has 1 amide bonds. The molecule has 2 aliphatic heterocycles. The van der Waals surface area contributed by atoms with Gasteiger partial charge in [0.15, 0.2) is 15.0 Å². The SMILES string of the molecule is CC(=O)N=C1S[C@@H]2CS(=O)(=O)C[C@@H]2N1c1cc(Cl)cc(Cl)c1. The molecule has 1 aromatic carbocycles. The Hall–Kier alpha value is -0.760. The smallest absolute Gasteiger partial charge is 0.244 e. The number of nitrogens with zero attached hydrogens (tertiary/aromatic N) is 2. The van der Waals surface area contributed by atoms with E-state index in [2.05, 4.69) is 4.99 Å². The highest BCUT2D eigenvalue weighted by Gasteiger charge is 2.49. The zero-order valence-corrected chi connectivity index (χ0v) is 14.6. The van der Waals surface area contributed by atoms with E-state index < -0.39 is 9.84 Å². The van der Waals surface area contributed by atoms with Gasteiger partial charge in [0.1, 0.15) is 0 Å². The summed E-state index contributed by atoms with van der Waals surface area (Å²) in [5, 5.41) is 1.24. The number of anilines is 1. The Morgan fingerprint density at radius 2 is 1.91 bits per heavy atom. The molecule has 0 bridgehead atoms. The van der Waals surface area contributed by atoms with Crippen LogP contribution in [0.25, 0.3) is 0 Å². The molecule has 22 heavy (non-hydrogen) atoms. The van der Waals surface area contributed by atoms with E-state index in [1.165, 1.54) is 18.7 Å². The number of aliphatic imine (C=N–C) groups is 1. The van der Waals surface area contributed by atoms with Gasteiger partial charge in [-0.3, -0.25) is 4.79 Å². The number of rotatable bonds is 1. The monoisotopic (exact) mass is 378 g/mol. The standard InChI is InChI=1S/C13H12Cl2N2O3S2/c1-7(18)16-13-17(10-3-8(14)2-9(15)4-10)11-5-22(19,20)6-12(11)21-13/h2-4,11-12H,5-6H2,1H3/t11-,12+/m0/s1. The Morgan fingerprint density at radius 3 is 2.50 bits per heavy atom. The summed E-state index contributed by atoms with van der Waals surface area (Å²) in [4.78, 5) is 17.1. The number of carbonyl (C=O) groups excluding carboxylic acids is 1. The van der Waals surface area contributed by atoms with Gasteiger partial charge in [-0.2, -0.15) is 4.99 Å². The van der Waals surface area contributed by atoms with E-state index >= 15 is 0 Å². The highest BCUT2D eigenvalue weighted by Crippen LogP contribution is 2.42. The van der Waals surface area contributed by atoms with Crippen LogP contribution >= 0.6 is 35.0 Å². The predicted octanol–water partition coefficient (Wildman–Crippen LogP) is 2.61. The zero-order valence-electron chi connectivity index (χ0n) is 11.5. The van der Waals surface area contributed by atoms with Crippen molar-refractivity contribution in [2.45, 2.75) is 18.2 Å². The fraction of sp³-hybridized carbons (Fsp3) is 0.385. The van der Waals surface area contributed by atoms with Crippen molar-refractivity contribution in [1.82, 2.24) is 0 Å². The zero-order chi connectivity index (χ0) is 16.1. The number of sulfone groups is 1. The molecular weight excluding hydrogens is 367 g/mol. The van der Waals surface area contributed by atoms with Crippen molar-refractivity contribution >= 4 is 61.6 Å². The minimum Gasteiger partial charge on any atom is -0.315 e. The van der Waals surface area contributed by atoms with E-state index in [1.807, 2.05) is 0 Å². The van der Waals surface area contributed by atoms with E-state index in [0.717, 1.165) is 0 Å². The Morgan fingerprint density at radius 1 is 1.27 bits per heavy atom. The van der Waals surface area contributed by atoms with Gasteiger partial charge in [0.05, 0.1) is 17.5 Å². The van der Waals surface area contributed by atoms with Crippen LogP contribution in [0.3, 0.4) is 0 Å². The third-order valence-electron chi connectivity index (χ3n) is 3.45. The van der Waals surface area contributed by atoms with Crippen molar-refractivity contribution in [1.29, 1.82) is 0 Å². The van der Waals surface area contributed by atoms with Crippen LogP contribution in [0, 0.1) is 0 Å². The second-order valence-electron chi connectivity index (χ2n) is 5.21. The normalized spacial score (nSPS) is 28.1. The van der Waals surface area contributed by atoms with E-state index in [0.29, 0.717) is 20.9 Å². The number of benzene rings is 1. The average molecular weight is 379 g/mol. The van der Waals surface area contributed by atoms with Gasteiger partial charge in [-0.25, -0.2) is 8.42 Å². The predicted molar refractivity (Wildman–Crippen MR) is 90.9 cm³/mol. The second-order valence-corrected chi connectivity index (χ2v) is 9.44. The van der Waals surface area contributed by atoms with Gasteiger partial charge in [-0.05, 0) is 18.2 Å². The van der Waals surface area contributed by atoms with Crippen molar-refractivity contribution < 1.29 is 13.2 Å². The van der Waals surface area contributed by atoms with Gasteiger partial charge in [0.2, 0.25) is 5.91 Å². The van der Waals surface area contributed by atoms with Gasteiger partial charge in [-0.1, -0.05) is 35.0 Å². The first-order valence-electron chi connectivity index (χ1n) is 6.47. The van der Waals surface area contributed by atoms with Crippen LogP contribution in [0.5, 0.6) is 0 Å². The Kier molecular flexibility index (Phi) is 4.18. The molecule has 3 rings (SSSR count). The maximum atomic E-state index is 11.9. The van der Waals surface area contributed by atoms with E-state index in [9.17, 15) is 13.2 Å². The Bertz CT molecular complexity index is 759. The summed E-state index contributed by atoms with van der Waals surface area (Å²) in [5.41, 5.74) is 0.648. The highest BCUT2D eigenvalue weighted by molar-refractivity contribution is 8.16. The third-order valence-corrected chi connectivity index (χ3v) is 7.09. The minimum absolute atomic E-state index is 0.0335. The summed E-state index contributed by atoms with van der Waals surface area (Å²) in [6.45, 7) is 1.36. The molecule has 0 N–H and O–H groups in total. The van der Waals surface area contributed by atoms with E-state index in [1.54, 1.807) is 23.1 Å². The largest absolute Gasteiger partial charge is 0.315 e. The van der Waals surface area contributed by atoms with Crippen LogP contribution in [-0.2, 0) is 14.6 Å². The van der Waals surface area contributed by atoms with Crippen LogP contribution in [0.15, 0.2) is 23.2 Å². The molecular formula is C13H12Cl2N2O3S2. The molecule has 2 fully saturated rings. The van der Waals surface area contributed by atoms with Crippen LogP contribution in [0.2, 0.25) is 10.0 Å². The number of hydrogen-bond donors (Lipinski definition) is 0. The first-order valence-corrected chi connectivity index (χ1v) is 9.92. The molecule has 118 valence electrons. The maximum Gasteiger partial charge on any atom is 0.244 e. The lowest BCUT2D eigenvalue weighted by molar-refractivity contribution is -0.115. The Labute approximate surface area is 142 Å². The van der Waals surface area contributed by atoms with Crippen LogP contribution < -0.4 is 4.90 Å². The van der Waals surface area contributed by atoms with Crippen LogP contribution in [-0.4, -0.2) is 42.3 Å². The number of hydrogen-bond acceptors (Lipinski definition) is 4. The molecule has 0 aromatic heterocycles. The lowest BCUT2D eigenvalue weighted by atomic mass is 10.2. The lowest BCUT2D eigenvalue weighted by Crippen LogP contribution is -2.37. The molecule has 0 spiro atoms. The van der Waals surface area contributed by atoms with Gasteiger partial charge in [-0.15, -0.1) is 0 Å². The molecule has 1 aromatic rings. The van der Waals surface area contributed by atoms with E-state index in [4.69, 9.17) is 23.2 Å². The lowest BCUT2D eigenvalue weighted by Gasteiger charge is -2.24.